The van der Waals surface area contributed by atoms with Crippen LogP contribution in [0.15, 0.2) is 23.1 Å². The Balaban J connectivity index is 2.45. The van der Waals surface area contributed by atoms with Crippen LogP contribution in [0.1, 0.15) is 0 Å². The van der Waals surface area contributed by atoms with E-state index < -0.39 is 16.1 Å². The van der Waals surface area contributed by atoms with Gasteiger partial charge < -0.3 is 14.2 Å². The van der Waals surface area contributed by atoms with Crippen molar-refractivity contribution in [1.82, 2.24) is 4.31 Å². The van der Waals surface area contributed by atoms with Crippen LogP contribution < -0.4 is 9.47 Å². The van der Waals surface area contributed by atoms with E-state index in [1.165, 1.54) is 26.4 Å². The molecular formula is C13H16N2O5S. The fourth-order valence-corrected chi connectivity index (χ4v) is 3.60. The van der Waals surface area contributed by atoms with E-state index in [4.69, 9.17) is 19.5 Å². The Morgan fingerprint density at radius 2 is 1.90 bits per heavy atom. The van der Waals surface area contributed by atoms with Crippen LogP contribution >= 0.6 is 0 Å². The van der Waals surface area contributed by atoms with Crippen LogP contribution in [0.4, 0.5) is 0 Å². The molecule has 0 amide bonds. The zero-order chi connectivity index (χ0) is 15.5. The molecule has 0 radical (unpaired) electrons. The monoisotopic (exact) mass is 312 g/mol. The standard InChI is InChI=1S/C13H16N2O5S/c1-18-11-5-12(19-2)7-13(6-11)21(16,17)15-3-4-20-9-10(15)8-14/h5-7,10H,3-4,9H2,1-2H3. The summed E-state index contributed by atoms with van der Waals surface area (Å²) in [5.41, 5.74) is 0. The van der Waals surface area contributed by atoms with Crippen molar-refractivity contribution in [2.75, 3.05) is 34.0 Å². The smallest absolute Gasteiger partial charge is 0.244 e. The molecule has 1 aliphatic rings. The highest BCUT2D eigenvalue weighted by atomic mass is 32.2. The van der Waals surface area contributed by atoms with Crippen molar-refractivity contribution in [1.29, 1.82) is 5.26 Å². The first-order chi connectivity index (χ1) is 10.0. The normalized spacial score (nSPS) is 19.8. The summed E-state index contributed by atoms with van der Waals surface area (Å²) in [6.07, 6.45) is 0. The van der Waals surface area contributed by atoms with E-state index in [1.807, 2.05) is 6.07 Å². The van der Waals surface area contributed by atoms with Gasteiger partial charge in [0.05, 0.1) is 38.4 Å². The highest BCUT2D eigenvalue weighted by molar-refractivity contribution is 7.89. The van der Waals surface area contributed by atoms with Crippen molar-refractivity contribution in [3.05, 3.63) is 18.2 Å². The number of hydrogen-bond acceptors (Lipinski definition) is 6. The predicted molar refractivity (Wildman–Crippen MR) is 73.7 cm³/mol. The minimum Gasteiger partial charge on any atom is -0.497 e. The fourth-order valence-electron chi connectivity index (χ4n) is 2.04. The molecule has 1 atom stereocenters. The Labute approximate surface area is 123 Å². The van der Waals surface area contributed by atoms with Gasteiger partial charge in [0.15, 0.2) is 0 Å². The van der Waals surface area contributed by atoms with Crippen LogP contribution in [0.3, 0.4) is 0 Å². The minimum atomic E-state index is -3.82. The third-order valence-corrected chi connectivity index (χ3v) is 5.05. The average molecular weight is 312 g/mol. The lowest BCUT2D eigenvalue weighted by atomic mass is 10.3. The van der Waals surface area contributed by atoms with Crippen molar-refractivity contribution in [3.8, 4) is 17.6 Å². The number of ether oxygens (including phenoxy) is 3. The summed E-state index contributed by atoms with van der Waals surface area (Å²) in [6, 6.07) is 5.51. The van der Waals surface area contributed by atoms with Gasteiger partial charge in [0.1, 0.15) is 17.5 Å². The molecule has 8 heteroatoms. The lowest BCUT2D eigenvalue weighted by Crippen LogP contribution is -2.47. The van der Waals surface area contributed by atoms with E-state index in [0.29, 0.717) is 11.5 Å². The molecule has 1 aliphatic heterocycles. The van der Waals surface area contributed by atoms with Crippen LogP contribution in [0.5, 0.6) is 11.5 Å². The van der Waals surface area contributed by atoms with Gasteiger partial charge in [0.25, 0.3) is 0 Å². The SMILES string of the molecule is COc1cc(OC)cc(S(=O)(=O)N2CCOCC2C#N)c1. The Morgan fingerprint density at radius 1 is 1.29 bits per heavy atom. The second kappa shape index (κ2) is 6.30. The Bertz CT molecular complexity index is 631. The molecule has 1 aromatic carbocycles. The number of morpholine rings is 1. The zero-order valence-electron chi connectivity index (χ0n) is 11.8. The van der Waals surface area contributed by atoms with Crippen molar-refractivity contribution in [2.24, 2.45) is 0 Å². The topological polar surface area (TPSA) is 88.9 Å². The first kappa shape index (κ1) is 15.6. The first-order valence-corrected chi connectivity index (χ1v) is 7.69. The third-order valence-electron chi connectivity index (χ3n) is 3.16. The van der Waals surface area contributed by atoms with Gasteiger partial charge in [-0.1, -0.05) is 0 Å². The Morgan fingerprint density at radius 3 is 2.43 bits per heavy atom. The number of hydrogen-bond donors (Lipinski definition) is 0. The molecule has 0 bridgehead atoms. The second-order valence-corrected chi connectivity index (χ2v) is 6.27. The maximum absolute atomic E-state index is 12.7. The summed E-state index contributed by atoms with van der Waals surface area (Å²) in [4.78, 5) is 0.0286. The first-order valence-electron chi connectivity index (χ1n) is 6.25. The van der Waals surface area contributed by atoms with Crippen molar-refractivity contribution in [2.45, 2.75) is 10.9 Å². The minimum absolute atomic E-state index is 0.0286. The predicted octanol–water partition coefficient (Wildman–Crippen LogP) is 0.617. The molecule has 7 nitrogen and oxygen atoms in total. The van der Waals surface area contributed by atoms with Crippen LogP contribution in [-0.2, 0) is 14.8 Å². The van der Waals surface area contributed by atoms with Gasteiger partial charge in [0, 0.05) is 24.7 Å². The van der Waals surface area contributed by atoms with E-state index in [1.54, 1.807) is 6.07 Å². The van der Waals surface area contributed by atoms with Gasteiger partial charge in [-0.2, -0.15) is 9.57 Å². The largest absolute Gasteiger partial charge is 0.497 e. The van der Waals surface area contributed by atoms with Crippen LogP contribution in [-0.4, -0.2) is 52.7 Å². The summed E-state index contributed by atoms with van der Waals surface area (Å²) in [7, 11) is -0.933. The molecule has 0 N–H and O–H groups in total. The van der Waals surface area contributed by atoms with Gasteiger partial charge in [0.2, 0.25) is 10.0 Å². The third kappa shape index (κ3) is 3.10. The highest BCUT2D eigenvalue weighted by Crippen LogP contribution is 2.28. The van der Waals surface area contributed by atoms with E-state index >= 15 is 0 Å². The van der Waals surface area contributed by atoms with Gasteiger partial charge in [-0.05, 0) is 0 Å². The molecule has 2 rings (SSSR count). The van der Waals surface area contributed by atoms with E-state index in [0.717, 1.165) is 4.31 Å². The van der Waals surface area contributed by atoms with E-state index in [2.05, 4.69) is 0 Å². The molecule has 1 saturated heterocycles. The number of benzene rings is 1. The molecule has 1 heterocycles. The summed E-state index contributed by atoms with van der Waals surface area (Å²) >= 11 is 0. The molecule has 1 aromatic rings. The molecule has 21 heavy (non-hydrogen) atoms. The molecule has 1 unspecified atom stereocenters. The number of methoxy groups -OCH3 is 2. The van der Waals surface area contributed by atoms with Crippen LogP contribution in [0.25, 0.3) is 0 Å². The van der Waals surface area contributed by atoms with Crippen molar-refractivity contribution in [3.63, 3.8) is 0 Å². The quantitative estimate of drug-likeness (QED) is 0.809. The fraction of sp³-hybridized carbons (Fsp3) is 0.462. The summed E-state index contributed by atoms with van der Waals surface area (Å²) in [5, 5.41) is 9.09. The van der Waals surface area contributed by atoms with Gasteiger partial charge in [-0.15, -0.1) is 0 Å². The summed E-state index contributed by atoms with van der Waals surface area (Å²) in [5.74, 6) is 0.740. The average Bonchev–Trinajstić information content (AvgIpc) is 2.54. The van der Waals surface area contributed by atoms with Crippen molar-refractivity contribution >= 4 is 10.0 Å². The van der Waals surface area contributed by atoms with Gasteiger partial charge in [-0.3, -0.25) is 0 Å². The number of nitrogens with zero attached hydrogens (tertiary/aromatic N) is 2. The Kier molecular flexibility index (Phi) is 4.67. The van der Waals surface area contributed by atoms with Crippen LogP contribution in [0.2, 0.25) is 0 Å². The van der Waals surface area contributed by atoms with Gasteiger partial charge in [-0.25, -0.2) is 8.42 Å². The van der Waals surface area contributed by atoms with Gasteiger partial charge >= 0.3 is 0 Å². The van der Waals surface area contributed by atoms with E-state index in [-0.39, 0.29) is 24.7 Å². The maximum atomic E-state index is 12.7. The molecule has 0 saturated carbocycles. The number of sulfonamides is 1. The number of nitriles is 1. The number of rotatable bonds is 4. The lowest BCUT2D eigenvalue weighted by molar-refractivity contribution is 0.0511. The van der Waals surface area contributed by atoms with E-state index in [9.17, 15) is 8.42 Å². The summed E-state index contributed by atoms with van der Waals surface area (Å²) < 4.78 is 41.9. The Hall–Kier alpha value is -1.82. The molecule has 1 fully saturated rings. The molecular weight excluding hydrogens is 296 g/mol. The molecule has 0 aromatic heterocycles. The highest BCUT2D eigenvalue weighted by Gasteiger charge is 2.34. The van der Waals surface area contributed by atoms with Crippen LogP contribution in [0, 0.1) is 11.3 Å². The zero-order valence-corrected chi connectivity index (χ0v) is 12.6. The molecule has 114 valence electrons. The lowest BCUT2D eigenvalue weighted by Gasteiger charge is -2.30. The molecule has 0 spiro atoms. The second-order valence-electron chi connectivity index (χ2n) is 4.38. The molecule has 0 aliphatic carbocycles. The summed E-state index contributed by atoms with van der Waals surface area (Å²) in [6.45, 7) is 0.468. The van der Waals surface area contributed by atoms with Crippen molar-refractivity contribution < 1.29 is 22.6 Å². The maximum Gasteiger partial charge on any atom is 0.244 e.